The van der Waals surface area contributed by atoms with Crippen molar-refractivity contribution in [1.82, 2.24) is 20.3 Å². The van der Waals surface area contributed by atoms with Gasteiger partial charge in [-0.05, 0) is 43.2 Å². The highest BCUT2D eigenvalue weighted by molar-refractivity contribution is 6.30. The van der Waals surface area contributed by atoms with Crippen LogP contribution in [0.2, 0.25) is 5.02 Å². The largest absolute Gasteiger partial charge is 0.387 e. The smallest absolute Gasteiger partial charge is 0.248 e. The summed E-state index contributed by atoms with van der Waals surface area (Å²) < 4.78 is 5.40. The van der Waals surface area contributed by atoms with E-state index in [-0.39, 0.29) is 18.0 Å². The molecule has 36 heavy (non-hydrogen) atoms. The van der Waals surface area contributed by atoms with Crippen molar-refractivity contribution in [3.8, 4) is 0 Å². The number of aromatic nitrogens is 1. The van der Waals surface area contributed by atoms with Crippen molar-refractivity contribution in [2.75, 3.05) is 32.8 Å². The van der Waals surface area contributed by atoms with Crippen molar-refractivity contribution >= 4 is 34.8 Å². The maximum atomic E-state index is 11.9. The van der Waals surface area contributed by atoms with E-state index in [9.17, 15) is 9.90 Å². The Morgan fingerprint density at radius 2 is 2.03 bits per heavy atom. The summed E-state index contributed by atoms with van der Waals surface area (Å²) in [7, 11) is 0. The highest BCUT2D eigenvalue weighted by Crippen LogP contribution is 2.32. The number of hydrogen-bond donors (Lipinski definition) is 2. The molecule has 2 N–H and O–H groups in total. The number of halogens is 1. The van der Waals surface area contributed by atoms with Crippen molar-refractivity contribution in [2.45, 2.75) is 26.6 Å². The van der Waals surface area contributed by atoms with Crippen LogP contribution in [0.15, 0.2) is 57.0 Å². The molecule has 1 amide bonds. The fourth-order valence-electron chi connectivity index (χ4n) is 4.85. The third kappa shape index (κ3) is 5.00. The van der Waals surface area contributed by atoms with E-state index in [2.05, 4.69) is 27.5 Å². The Morgan fingerprint density at radius 1 is 1.22 bits per heavy atom. The number of hydrogen-bond acceptors (Lipinski definition) is 8. The van der Waals surface area contributed by atoms with Gasteiger partial charge in [0.15, 0.2) is 0 Å². The van der Waals surface area contributed by atoms with Gasteiger partial charge in [0.2, 0.25) is 11.9 Å². The molecule has 1 aromatic heterocycles. The van der Waals surface area contributed by atoms with Crippen molar-refractivity contribution in [1.29, 1.82) is 0 Å². The summed E-state index contributed by atoms with van der Waals surface area (Å²) in [6.45, 7) is 6.26. The molecule has 2 unspecified atom stereocenters. The summed E-state index contributed by atoms with van der Waals surface area (Å²) >= 11 is 6.19. The number of nitrogens with one attached hydrogen (secondary N) is 1. The molecule has 188 valence electrons. The van der Waals surface area contributed by atoms with Crippen molar-refractivity contribution in [2.24, 2.45) is 15.9 Å². The number of amides is 1. The summed E-state index contributed by atoms with van der Waals surface area (Å²) in [5.74, 6) is 1.11. The van der Waals surface area contributed by atoms with E-state index >= 15 is 0 Å². The first kappa shape index (κ1) is 24.4. The molecule has 0 bridgehead atoms. The molecule has 0 radical (unpaired) electrons. The van der Waals surface area contributed by atoms with Crippen LogP contribution >= 0.6 is 11.6 Å². The number of fused-ring (bicyclic) bond motifs is 1. The fourth-order valence-corrected chi connectivity index (χ4v) is 5.06. The SMILES string of the molecule is Cc1noc(C)c1C1=CC2C(=NC(N3CCN(C(=O)CO)CC3)=NC2NCc2cccc(Cl)c2)C=C1. The highest BCUT2D eigenvalue weighted by Gasteiger charge is 2.33. The number of guanidine groups is 1. The zero-order valence-electron chi connectivity index (χ0n) is 20.3. The molecule has 1 aromatic carbocycles. The maximum absolute atomic E-state index is 11.9. The van der Waals surface area contributed by atoms with E-state index in [0.717, 1.165) is 33.9 Å². The number of carbonyl (C=O) groups is 1. The van der Waals surface area contributed by atoms with Crippen molar-refractivity contribution < 1.29 is 14.4 Å². The first-order chi connectivity index (χ1) is 17.4. The highest BCUT2D eigenvalue weighted by atomic mass is 35.5. The first-order valence-electron chi connectivity index (χ1n) is 12.0. The zero-order valence-corrected chi connectivity index (χ0v) is 21.1. The fraction of sp³-hybridized carbons (Fsp3) is 0.385. The molecule has 0 saturated carbocycles. The lowest BCUT2D eigenvalue weighted by Gasteiger charge is -2.38. The van der Waals surface area contributed by atoms with Gasteiger partial charge >= 0.3 is 0 Å². The molecule has 2 aliphatic heterocycles. The van der Waals surface area contributed by atoms with Crippen LogP contribution in [0.5, 0.6) is 0 Å². The Kier molecular flexibility index (Phi) is 7.04. The van der Waals surface area contributed by atoms with Crippen LogP contribution in [0.4, 0.5) is 0 Å². The predicted molar refractivity (Wildman–Crippen MR) is 139 cm³/mol. The number of carbonyl (C=O) groups excluding carboxylic acids is 1. The van der Waals surface area contributed by atoms with E-state index in [1.54, 1.807) is 4.90 Å². The molecule has 9 nitrogen and oxygen atoms in total. The minimum atomic E-state index is -0.467. The monoisotopic (exact) mass is 508 g/mol. The Hall–Kier alpha value is -3.27. The molecule has 5 rings (SSSR count). The van der Waals surface area contributed by atoms with Gasteiger partial charge in [-0.3, -0.25) is 10.1 Å². The molecule has 2 atom stereocenters. The first-order valence-corrected chi connectivity index (χ1v) is 12.4. The summed E-state index contributed by atoms with van der Waals surface area (Å²) in [4.78, 5) is 25.6. The molecule has 3 heterocycles. The lowest BCUT2D eigenvalue weighted by atomic mass is 9.87. The molecular formula is C26H29ClN6O3. The number of aliphatic hydroxyl groups is 1. The predicted octanol–water partition coefficient (Wildman–Crippen LogP) is 2.58. The molecule has 0 spiro atoms. The number of nitrogens with zero attached hydrogens (tertiary/aromatic N) is 5. The van der Waals surface area contributed by atoms with Gasteiger partial charge in [-0.2, -0.15) is 0 Å². The number of rotatable bonds is 5. The van der Waals surface area contributed by atoms with Crippen LogP contribution in [0.3, 0.4) is 0 Å². The normalized spacial score (nSPS) is 21.6. The lowest BCUT2D eigenvalue weighted by molar-refractivity contribution is -0.135. The van der Waals surface area contributed by atoms with Gasteiger partial charge in [-0.1, -0.05) is 41.0 Å². The molecule has 1 aliphatic carbocycles. The number of aryl methyl sites for hydroxylation is 2. The van der Waals surface area contributed by atoms with Gasteiger partial charge in [0.05, 0.1) is 17.3 Å². The number of aliphatic hydroxyl groups excluding tert-OH is 1. The molecule has 1 saturated heterocycles. The van der Waals surface area contributed by atoms with Crippen molar-refractivity contribution in [3.05, 3.63) is 70.1 Å². The lowest BCUT2D eigenvalue weighted by Crippen LogP contribution is -2.53. The Morgan fingerprint density at radius 3 is 2.72 bits per heavy atom. The van der Waals surface area contributed by atoms with Gasteiger partial charge in [0, 0.05) is 43.3 Å². The van der Waals surface area contributed by atoms with Crippen LogP contribution in [0.1, 0.15) is 22.6 Å². The number of aliphatic imine (C=N–C) groups is 2. The van der Waals surface area contributed by atoms with Gasteiger partial charge in [-0.15, -0.1) is 0 Å². The third-order valence-corrected chi connectivity index (χ3v) is 6.97. The number of benzene rings is 1. The molecule has 2 aromatic rings. The summed E-state index contributed by atoms with van der Waals surface area (Å²) in [5, 5.41) is 17.6. The van der Waals surface area contributed by atoms with Crippen LogP contribution in [-0.4, -0.2) is 76.6 Å². The second-order valence-electron chi connectivity index (χ2n) is 9.13. The summed E-state index contributed by atoms with van der Waals surface area (Å²) in [6.07, 6.45) is 6.03. The second kappa shape index (κ2) is 10.4. The van der Waals surface area contributed by atoms with E-state index in [0.29, 0.717) is 43.7 Å². The Labute approximate surface area is 214 Å². The molecule has 3 aliphatic rings. The second-order valence-corrected chi connectivity index (χ2v) is 9.56. The molecule has 10 heteroatoms. The Balaban J connectivity index is 1.41. The topological polar surface area (TPSA) is 107 Å². The maximum Gasteiger partial charge on any atom is 0.248 e. The van der Waals surface area contributed by atoms with Crippen molar-refractivity contribution in [3.63, 3.8) is 0 Å². The number of piperazine rings is 1. The van der Waals surface area contributed by atoms with Crippen LogP contribution in [0, 0.1) is 19.8 Å². The minimum Gasteiger partial charge on any atom is -0.387 e. The average molecular weight is 509 g/mol. The average Bonchev–Trinajstić information content (AvgIpc) is 3.24. The van der Waals surface area contributed by atoms with E-state index < -0.39 is 6.61 Å². The molecular weight excluding hydrogens is 480 g/mol. The van der Waals surface area contributed by atoms with Crippen LogP contribution in [0.25, 0.3) is 5.57 Å². The van der Waals surface area contributed by atoms with E-state index in [1.165, 1.54) is 0 Å². The third-order valence-electron chi connectivity index (χ3n) is 6.73. The quantitative estimate of drug-likeness (QED) is 0.643. The van der Waals surface area contributed by atoms with Gasteiger partial charge in [-0.25, -0.2) is 9.98 Å². The Bertz CT molecular complexity index is 1250. The van der Waals surface area contributed by atoms with Gasteiger partial charge in [0.25, 0.3) is 0 Å². The molecule has 1 fully saturated rings. The van der Waals surface area contributed by atoms with Gasteiger partial charge < -0.3 is 19.4 Å². The summed E-state index contributed by atoms with van der Waals surface area (Å²) in [5.41, 5.74) is 4.88. The standard InChI is InChI=1S/C26H29ClN6O3/c1-16-24(17(2)36-31-16)19-6-7-22-21(13-19)25(28-14-18-4-3-5-20(27)12-18)30-26(29-22)33-10-8-32(9-11-33)23(35)15-34/h3-7,12-13,21,25,28,34H,8-11,14-15H2,1-2H3. The summed E-state index contributed by atoms with van der Waals surface area (Å²) in [6, 6.07) is 7.77. The zero-order chi connectivity index (χ0) is 25.2. The van der Waals surface area contributed by atoms with E-state index in [1.807, 2.05) is 44.2 Å². The van der Waals surface area contributed by atoms with Crippen LogP contribution < -0.4 is 5.32 Å². The van der Waals surface area contributed by atoms with Gasteiger partial charge in [0.1, 0.15) is 18.5 Å². The minimum absolute atomic E-state index is 0.0705. The number of allylic oxidation sites excluding steroid dienone is 3. The van der Waals surface area contributed by atoms with Crippen LogP contribution in [-0.2, 0) is 11.3 Å². The van der Waals surface area contributed by atoms with E-state index in [4.69, 9.17) is 26.1 Å².